The van der Waals surface area contributed by atoms with E-state index in [0.29, 0.717) is 0 Å². The van der Waals surface area contributed by atoms with Crippen molar-refractivity contribution in [3.8, 4) is 11.1 Å². The summed E-state index contributed by atoms with van der Waals surface area (Å²) in [6, 6.07) is 8.47. The lowest BCUT2D eigenvalue weighted by Gasteiger charge is -2.07. The first-order valence-corrected chi connectivity index (χ1v) is 6.62. The average Bonchev–Trinajstić information content (AvgIpc) is 3.02. The van der Waals surface area contributed by atoms with Gasteiger partial charge >= 0.3 is 0 Å². The molecule has 1 aromatic heterocycles. The molecular weight excluding hydrogens is 222 g/mol. The van der Waals surface area contributed by atoms with E-state index in [0.717, 1.165) is 25.6 Å². The van der Waals surface area contributed by atoms with E-state index in [1.54, 1.807) is 0 Å². The average molecular weight is 241 g/mol. The molecule has 0 bridgehead atoms. The predicted octanol–water partition coefficient (Wildman–Crippen LogP) is 2.47. The smallest absolute Gasteiger partial charge is 0.0568 e. The van der Waals surface area contributed by atoms with Crippen LogP contribution in [-0.2, 0) is 6.54 Å². The van der Waals surface area contributed by atoms with Crippen molar-refractivity contribution >= 4 is 0 Å². The minimum atomic E-state index is 0.731. The normalized spacial score (nSPS) is 19.3. The second kappa shape index (κ2) is 4.94. The summed E-state index contributed by atoms with van der Waals surface area (Å²) in [7, 11) is 0. The maximum atomic E-state index is 4.49. The largest absolute Gasteiger partial charge is 0.316 e. The standard InChI is InChI=1S/C15H19N3/c1-12-4-2-3-5-15(12)14-9-17-18(11-14)10-13-6-7-16-8-13/h2-5,9,11,13,16H,6-8,10H2,1H3. The van der Waals surface area contributed by atoms with Crippen LogP contribution in [0.3, 0.4) is 0 Å². The number of aromatic nitrogens is 2. The fourth-order valence-electron chi connectivity index (χ4n) is 2.63. The van der Waals surface area contributed by atoms with Crippen LogP contribution in [0.1, 0.15) is 12.0 Å². The minimum Gasteiger partial charge on any atom is -0.316 e. The molecule has 1 aliphatic rings. The van der Waals surface area contributed by atoms with Crippen LogP contribution in [0.4, 0.5) is 0 Å². The van der Waals surface area contributed by atoms with Gasteiger partial charge in [-0.25, -0.2) is 0 Å². The summed E-state index contributed by atoms with van der Waals surface area (Å²) in [6.07, 6.45) is 5.41. The Balaban J connectivity index is 1.79. The molecule has 1 fully saturated rings. The van der Waals surface area contributed by atoms with Crippen LogP contribution in [0, 0.1) is 12.8 Å². The lowest BCUT2D eigenvalue weighted by Crippen LogP contribution is -2.14. The minimum absolute atomic E-state index is 0.731. The highest BCUT2D eigenvalue weighted by Gasteiger charge is 2.15. The topological polar surface area (TPSA) is 29.9 Å². The SMILES string of the molecule is Cc1ccccc1-c1cnn(CC2CCNC2)c1. The first-order valence-electron chi connectivity index (χ1n) is 6.62. The van der Waals surface area contributed by atoms with Crippen LogP contribution < -0.4 is 5.32 Å². The molecule has 1 saturated heterocycles. The van der Waals surface area contributed by atoms with Crippen molar-refractivity contribution in [1.29, 1.82) is 0 Å². The molecular formula is C15H19N3. The molecule has 94 valence electrons. The molecule has 0 radical (unpaired) electrons. The number of aryl methyl sites for hydroxylation is 1. The molecule has 0 saturated carbocycles. The van der Waals surface area contributed by atoms with Crippen LogP contribution in [0.2, 0.25) is 0 Å². The molecule has 2 aromatic rings. The first kappa shape index (κ1) is 11.5. The summed E-state index contributed by atoms with van der Waals surface area (Å²) in [5.74, 6) is 0.731. The zero-order valence-corrected chi connectivity index (χ0v) is 10.8. The van der Waals surface area contributed by atoms with Crippen molar-refractivity contribution in [2.75, 3.05) is 13.1 Å². The molecule has 1 unspecified atom stereocenters. The molecule has 0 aliphatic carbocycles. The number of hydrogen-bond acceptors (Lipinski definition) is 2. The molecule has 0 amide bonds. The van der Waals surface area contributed by atoms with Crippen LogP contribution in [0.15, 0.2) is 36.7 Å². The van der Waals surface area contributed by atoms with Gasteiger partial charge in [-0.05, 0) is 43.5 Å². The Morgan fingerprint density at radius 1 is 1.39 bits per heavy atom. The monoisotopic (exact) mass is 241 g/mol. The molecule has 3 rings (SSSR count). The van der Waals surface area contributed by atoms with E-state index in [9.17, 15) is 0 Å². The number of nitrogens with one attached hydrogen (secondary N) is 1. The lowest BCUT2D eigenvalue weighted by molar-refractivity contribution is 0.449. The predicted molar refractivity (Wildman–Crippen MR) is 73.4 cm³/mol. The quantitative estimate of drug-likeness (QED) is 0.894. The molecule has 1 N–H and O–H groups in total. The summed E-state index contributed by atoms with van der Waals surface area (Å²) in [6.45, 7) is 5.45. The van der Waals surface area contributed by atoms with Gasteiger partial charge < -0.3 is 5.32 Å². The van der Waals surface area contributed by atoms with E-state index >= 15 is 0 Å². The van der Waals surface area contributed by atoms with E-state index in [2.05, 4.69) is 52.5 Å². The number of nitrogens with zero attached hydrogens (tertiary/aromatic N) is 2. The highest BCUT2D eigenvalue weighted by molar-refractivity contribution is 5.65. The Morgan fingerprint density at radius 3 is 3.06 bits per heavy atom. The Kier molecular flexibility index (Phi) is 3.15. The Bertz CT molecular complexity index is 524. The second-order valence-electron chi connectivity index (χ2n) is 5.12. The second-order valence-corrected chi connectivity index (χ2v) is 5.12. The van der Waals surface area contributed by atoms with Crippen molar-refractivity contribution < 1.29 is 0 Å². The van der Waals surface area contributed by atoms with E-state index in [1.165, 1.54) is 23.1 Å². The zero-order valence-electron chi connectivity index (χ0n) is 10.8. The van der Waals surface area contributed by atoms with E-state index in [1.807, 2.05) is 6.20 Å². The van der Waals surface area contributed by atoms with Crippen molar-refractivity contribution in [3.63, 3.8) is 0 Å². The molecule has 1 atom stereocenters. The molecule has 2 heterocycles. The maximum absolute atomic E-state index is 4.49. The van der Waals surface area contributed by atoms with Gasteiger partial charge in [-0.1, -0.05) is 24.3 Å². The Labute approximate surface area is 108 Å². The fraction of sp³-hybridized carbons (Fsp3) is 0.400. The summed E-state index contributed by atoms with van der Waals surface area (Å²) in [4.78, 5) is 0. The Morgan fingerprint density at radius 2 is 2.28 bits per heavy atom. The highest BCUT2D eigenvalue weighted by atomic mass is 15.3. The number of benzene rings is 1. The molecule has 1 aliphatic heterocycles. The van der Waals surface area contributed by atoms with Gasteiger partial charge in [0.05, 0.1) is 6.20 Å². The third kappa shape index (κ3) is 2.31. The number of rotatable bonds is 3. The van der Waals surface area contributed by atoms with Crippen molar-refractivity contribution in [2.24, 2.45) is 5.92 Å². The van der Waals surface area contributed by atoms with Gasteiger partial charge in [0.2, 0.25) is 0 Å². The lowest BCUT2D eigenvalue weighted by atomic mass is 10.0. The van der Waals surface area contributed by atoms with Gasteiger partial charge in [-0.15, -0.1) is 0 Å². The van der Waals surface area contributed by atoms with Crippen molar-refractivity contribution in [1.82, 2.24) is 15.1 Å². The third-order valence-electron chi connectivity index (χ3n) is 3.70. The van der Waals surface area contributed by atoms with Crippen molar-refractivity contribution in [2.45, 2.75) is 19.9 Å². The third-order valence-corrected chi connectivity index (χ3v) is 3.70. The van der Waals surface area contributed by atoms with E-state index in [4.69, 9.17) is 0 Å². The molecule has 0 spiro atoms. The molecule has 3 nitrogen and oxygen atoms in total. The van der Waals surface area contributed by atoms with E-state index in [-0.39, 0.29) is 0 Å². The van der Waals surface area contributed by atoms with Gasteiger partial charge in [0.1, 0.15) is 0 Å². The Hall–Kier alpha value is -1.61. The molecule has 3 heteroatoms. The summed E-state index contributed by atoms with van der Waals surface area (Å²) < 4.78 is 2.08. The van der Waals surface area contributed by atoms with Crippen LogP contribution >= 0.6 is 0 Å². The van der Waals surface area contributed by atoms with Gasteiger partial charge in [0, 0.05) is 18.3 Å². The van der Waals surface area contributed by atoms with Gasteiger partial charge in [-0.2, -0.15) is 5.10 Å². The van der Waals surface area contributed by atoms with Gasteiger partial charge in [0.25, 0.3) is 0 Å². The first-order chi connectivity index (χ1) is 8.83. The fourth-order valence-corrected chi connectivity index (χ4v) is 2.63. The molecule has 1 aromatic carbocycles. The van der Waals surface area contributed by atoms with Gasteiger partial charge in [0.15, 0.2) is 0 Å². The summed E-state index contributed by atoms with van der Waals surface area (Å²) >= 11 is 0. The zero-order chi connectivity index (χ0) is 12.4. The highest BCUT2D eigenvalue weighted by Crippen LogP contribution is 2.22. The van der Waals surface area contributed by atoms with Crippen molar-refractivity contribution in [3.05, 3.63) is 42.2 Å². The summed E-state index contributed by atoms with van der Waals surface area (Å²) in [5, 5.41) is 7.89. The maximum Gasteiger partial charge on any atom is 0.0568 e. The van der Waals surface area contributed by atoms with Crippen LogP contribution in [0.25, 0.3) is 11.1 Å². The van der Waals surface area contributed by atoms with Crippen LogP contribution in [0.5, 0.6) is 0 Å². The van der Waals surface area contributed by atoms with Crippen LogP contribution in [-0.4, -0.2) is 22.9 Å². The number of hydrogen-bond donors (Lipinski definition) is 1. The summed E-state index contributed by atoms with van der Waals surface area (Å²) in [5.41, 5.74) is 3.81. The van der Waals surface area contributed by atoms with E-state index < -0.39 is 0 Å². The van der Waals surface area contributed by atoms with Gasteiger partial charge in [-0.3, -0.25) is 4.68 Å². The molecule has 18 heavy (non-hydrogen) atoms.